The number of imide groups is 1. The van der Waals surface area contributed by atoms with Gasteiger partial charge < -0.3 is 20.2 Å². The second-order valence-corrected chi connectivity index (χ2v) is 17.2. The molecule has 0 bridgehead atoms. The lowest BCUT2D eigenvalue weighted by atomic mass is 9.65. The molecule has 3 atom stereocenters. The first-order valence-electron chi connectivity index (χ1n) is 20.5. The van der Waals surface area contributed by atoms with Crippen LogP contribution in [0.2, 0.25) is 0 Å². The van der Waals surface area contributed by atoms with Crippen molar-refractivity contribution in [3.8, 4) is 5.75 Å². The number of hydrogen-bond donors (Lipinski definition) is 3. The average Bonchev–Trinajstić information content (AvgIpc) is 3.19. The van der Waals surface area contributed by atoms with E-state index in [1.165, 1.54) is 105 Å². The van der Waals surface area contributed by atoms with Gasteiger partial charge in [0.25, 0.3) is 0 Å². The molecular weight excluding hydrogens is 669 g/mol. The van der Waals surface area contributed by atoms with E-state index in [-0.39, 0.29) is 23.8 Å². The number of likely N-dealkylation sites (tertiary alicyclic amines) is 1. The summed E-state index contributed by atoms with van der Waals surface area (Å²) in [6, 6.07) is 34.7. The molecule has 3 saturated heterocycles. The topological polar surface area (TPSA) is 84.9 Å². The first kappa shape index (κ1) is 35.1. The maximum Gasteiger partial charge on any atom is 0.249 e. The monoisotopic (exact) mass is 722 g/mol. The third-order valence-electron chi connectivity index (χ3n) is 13.7. The van der Waals surface area contributed by atoms with E-state index >= 15 is 0 Å². The zero-order valence-corrected chi connectivity index (χ0v) is 31.4. The van der Waals surface area contributed by atoms with Crippen molar-refractivity contribution in [1.29, 1.82) is 0 Å². The van der Waals surface area contributed by atoms with Crippen LogP contribution in [0.15, 0.2) is 97.1 Å². The van der Waals surface area contributed by atoms with Crippen LogP contribution in [-0.4, -0.2) is 60.6 Å². The Balaban J connectivity index is 0.745. The van der Waals surface area contributed by atoms with Crippen molar-refractivity contribution in [1.82, 2.24) is 10.2 Å². The molecule has 1 saturated carbocycles. The number of piperidine rings is 2. The Morgan fingerprint density at radius 1 is 0.741 bits per heavy atom. The summed E-state index contributed by atoms with van der Waals surface area (Å²) in [5.41, 5.74) is 9.59. The highest BCUT2D eigenvalue weighted by Crippen LogP contribution is 2.49. The number of aryl methyl sites for hydroxylation is 1. The molecular formula is C47H54N4O3. The molecule has 7 nitrogen and oxygen atoms in total. The molecule has 4 aromatic rings. The van der Waals surface area contributed by atoms with Gasteiger partial charge in [-0.1, -0.05) is 60.7 Å². The number of nitrogens with one attached hydrogen (secondary N) is 2. The summed E-state index contributed by atoms with van der Waals surface area (Å²) < 4.78 is 0. The number of fused-ring (bicyclic) bond motifs is 1. The molecule has 0 unspecified atom stereocenters. The van der Waals surface area contributed by atoms with Gasteiger partial charge in [0.2, 0.25) is 11.8 Å². The minimum atomic E-state index is -0.342. The van der Waals surface area contributed by atoms with Gasteiger partial charge in [-0.15, -0.1) is 0 Å². The molecule has 3 N–H and O–H groups in total. The van der Waals surface area contributed by atoms with Gasteiger partial charge in [0.1, 0.15) is 11.8 Å². The van der Waals surface area contributed by atoms with Gasteiger partial charge in [-0.05, 0) is 153 Å². The Kier molecular flexibility index (Phi) is 9.69. The second kappa shape index (κ2) is 14.9. The predicted octanol–water partition coefficient (Wildman–Crippen LogP) is 8.35. The van der Waals surface area contributed by atoms with E-state index < -0.39 is 0 Å². The molecule has 7 heteroatoms. The fourth-order valence-electron chi connectivity index (χ4n) is 10.6. The highest BCUT2D eigenvalue weighted by Gasteiger charge is 2.45. The van der Waals surface area contributed by atoms with Gasteiger partial charge in [-0.3, -0.25) is 14.9 Å². The average molecular weight is 723 g/mol. The number of carbonyl (C=O) groups excluding carboxylic acids is 2. The lowest BCUT2D eigenvalue weighted by Crippen LogP contribution is -2.58. The van der Waals surface area contributed by atoms with E-state index in [1.54, 1.807) is 0 Å². The second-order valence-electron chi connectivity index (χ2n) is 17.2. The summed E-state index contributed by atoms with van der Waals surface area (Å²) in [5.74, 6) is 2.08. The van der Waals surface area contributed by atoms with Gasteiger partial charge in [0.05, 0.1) is 0 Å². The van der Waals surface area contributed by atoms with Crippen LogP contribution in [-0.2, 0) is 16.0 Å². The van der Waals surface area contributed by atoms with Crippen LogP contribution in [0.1, 0.15) is 103 Å². The van der Waals surface area contributed by atoms with Crippen LogP contribution in [0.4, 0.5) is 11.4 Å². The molecule has 280 valence electrons. The van der Waals surface area contributed by atoms with Crippen LogP contribution >= 0.6 is 0 Å². The fourth-order valence-corrected chi connectivity index (χ4v) is 10.6. The molecule has 54 heavy (non-hydrogen) atoms. The number of rotatable bonds is 8. The number of amides is 2. The van der Waals surface area contributed by atoms with Crippen molar-refractivity contribution in [3.63, 3.8) is 0 Å². The van der Waals surface area contributed by atoms with E-state index in [9.17, 15) is 14.7 Å². The fraction of sp³-hybridized carbons (Fsp3) is 0.447. The van der Waals surface area contributed by atoms with Gasteiger partial charge in [-0.25, -0.2) is 0 Å². The molecule has 9 rings (SSSR count). The SMILES string of the molecule is O=C1CC[C@@H](Nc2ccc(C3CCN(CC4CCC5(CC4)CN(c4ccc([C@@H]6c7ccc(O)cc7CC[C@@H]6c6ccccc6)cc4)C5)CC3)cc2)C(=O)N1. The van der Waals surface area contributed by atoms with Gasteiger partial charge in [-0.2, -0.15) is 0 Å². The molecule has 2 amide bonds. The first-order chi connectivity index (χ1) is 26.4. The minimum absolute atomic E-state index is 0.181. The minimum Gasteiger partial charge on any atom is -0.508 e. The first-order valence-corrected chi connectivity index (χ1v) is 20.5. The summed E-state index contributed by atoms with van der Waals surface area (Å²) >= 11 is 0. The van der Waals surface area contributed by atoms with Crippen LogP contribution in [0, 0.1) is 11.3 Å². The number of anilines is 2. The van der Waals surface area contributed by atoms with Crippen LogP contribution < -0.4 is 15.5 Å². The number of hydrogen-bond acceptors (Lipinski definition) is 6. The van der Waals surface area contributed by atoms with Crippen molar-refractivity contribution in [2.45, 2.75) is 88.0 Å². The summed E-state index contributed by atoms with van der Waals surface area (Å²) in [7, 11) is 0. The maximum absolute atomic E-state index is 12.1. The normalized spacial score (nSPS) is 24.8. The van der Waals surface area contributed by atoms with E-state index in [4.69, 9.17) is 0 Å². The van der Waals surface area contributed by atoms with E-state index in [2.05, 4.69) is 105 Å². The number of benzene rings is 4. The molecule has 3 aliphatic heterocycles. The number of phenols is 1. The van der Waals surface area contributed by atoms with Crippen molar-refractivity contribution in [2.24, 2.45) is 11.3 Å². The Morgan fingerprint density at radius 3 is 2.19 bits per heavy atom. The standard InChI is InChI=1S/C47H54N4O3/c52-40-15-17-42-37(28-40)10-16-41(35-4-2-1-3-5-35)45(42)36-8-13-39(14-9-36)51-30-47(31-51)24-20-32(21-25-47)29-50-26-22-34(23-27-50)33-6-11-38(12-7-33)48-43-18-19-44(53)49-46(43)54/h1-9,11-15,17,28,32,34,41,43,45,48,52H,10,16,18-27,29-31H2,(H,49,53,54)/t41-,43-,45+/m1/s1. The number of phenolic OH excluding ortho intramolecular Hbond substituents is 1. The Labute approximate surface area is 320 Å². The van der Waals surface area contributed by atoms with Gasteiger partial charge >= 0.3 is 0 Å². The van der Waals surface area contributed by atoms with Gasteiger partial charge in [0.15, 0.2) is 0 Å². The lowest BCUT2D eigenvalue weighted by Gasteiger charge is -2.55. The lowest BCUT2D eigenvalue weighted by molar-refractivity contribution is -0.133. The third-order valence-corrected chi connectivity index (χ3v) is 13.7. The Hall–Kier alpha value is -4.62. The summed E-state index contributed by atoms with van der Waals surface area (Å²) in [4.78, 5) is 28.9. The van der Waals surface area contributed by atoms with Crippen molar-refractivity contribution in [2.75, 3.05) is 42.9 Å². The van der Waals surface area contributed by atoms with Crippen molar-refractivity contribution >= 4 is 23.2 Å². The molecule has 2 aliphatic carbocycles. The number of nitrogens with zero attached hydrogens (tertiary/aromatic N) is 2. The van der Waals surface area contributed by atoms with Crippen LogP contribution in [0.3, 0.4) is 0 Å². The zero-order chi connectivity index (χ0) is 36.6. The number of aromatic hydroxyl groups is 1. The van der Waals surface area contributed by atoms with E-state index in [0.29, 0.717) is 35.8 Å². The Bertz CT molecular complexity index is 1940. The quantitative estimate of drug-likeness (QED) is 0.159. The molecule has 4 fully saturated rings. The van der Waals surface area contributed by atoms with Crippen LogP contribution in [0.25, 0.3) is 0 Å². The molecule has 0 radical (unpaired) electrons. The molecule has 0 aromatic heterocycles. The molecule has 5 aliphatic rings. The van der Waals surface area contributed by atoms with Gasteiger partial charge in [0, 0.05) is 48.8 Å². The molecule has 1 spiro atoms. The molecule has 4 aromatic carbocycles. The number of carbonyl (C=O) groups is 2. The van der Waals surface area contributed by atoms with E-state index in [1.807, 2.05) is 12.1 Å². The largest absolute Gasteiger partial charge is 0.508 e. The third kappa shape index (κ3) is 7.27. The van der Waals surface area contributed by atoms with Crippen molar-refractivity contribution < 1.29 is 14.7 Å². The highest BCUT2D eigenvalue weighted by molar-refractivity contribution is 6.01. The summed E-state index contributed by atoms with van der Waals surface area (Å²) in [6.07, 6.45) is 10.8. The zero-order valence-electron chi connectivity index (χ0n) is 31.4. The Morgan fingerprint density at radius 2 is 1.46 bits per heavy atom. The molecule has 3 heterocycles. The highest BCUT2D eigenvalue weighted by atomic mass is 16.3. The summed E-state index contributed by atoms with van der Waals surface area (Å²) in [6.45, 7) is 5.96. The van der Waals surface area contributed by atoms with E-state index in [0.717, 1.165) is 24.4 Å². The predicted molar refractivity (Wildman–Crippen MR) is 215 cm³/mol. The maximum atomic E-state index is 12.1. The van der Waals surface area contributed by atoms with Crippen LogP contribution in [0.5, 0.6) is 5.75 Å². The summed E-state index contributed by atoms with van der Waals surface area (Å²) in [5, 5.41) is 16.0. The van der Waals surface area contributed by atoms with Crippen molar-refractivity contribution in [3.05, 3.63) is 125 Å². The smallest absolute Gasteiger partial charge is 0.249 e.